The first kappa shape index (κ1) is 29.9. The van der Waals surface area contributed by atoms with E-state index in [4.69, 9.17) is 20.1 Å². The van der Waals surface area contributed by atoms with Crippen LogP contribution in [0.5, 0.6) is 0 Å². The number of hydrogen-bond donors (Lipinski definition) is 2. The molecule has 0 bridgehead atoms. The summed E-state index contributed by atoms with van der Waals surface area (Å²) < 4.78 is 31.7. The quantitative estimate of drug-likeness (QED) is 0.459. The molecule has 1 aliphatic rings. The molecule has 1 aromatic heterocycles. The van der Waals surface area contributed by atoms with Gasteiger partial charge in [0.2, 0.25) is 0 Å². The molecule has 198 valence electrons. The van der Waals surface area contributed by atoms with Gasteiger partial charge in [-0.25, -0.2) is 9.78 Å². The van der Waals surface area contributed by atoms with Crippen LogP contribution in [0, 0.1) is 18.3 Å². The number of piperidine rings is 1. The molecule has 2 heterocycles. The number of halogens is 3. The molecular formula is C26H29F3N4O3S. The first-order valence-electron chi connectivity index (χ1n) is 11.2. The fraction of sp³-hybridized carbons (Fsp3) is 0.385. The summed E-state index contributed by atoms with van der Waals surface area (Å²) in [6.07, 6.45) is -2.81. The number of fused-ring (bicyclic) bond motifs is 1. The highest BCUT2D eigenvalue weighted by Gasteiger charge is 2.38. The number of aryl methyl sites for hydroxylation is 1. The largest absolute Gasteiger partial charge is 0.490 e. The van der Waals surface area contributed by atoms with E-state index < -0.39 is 12.1 Å². The Morgan fingerprint density at radius 3 is 2.41 bits per heavy atom. The predicted molar refractivity (Wildman–Crippen MR) is 138 cm³/mol. The molecule has 0 radical (unpaired) electrons. The van der Waals surface area contributed by atoms with Gasteiger partial charge >= 0.3 is 12.1 Å². The molecule has 2 N–H and O–H groups in total. The number of carboxylic acids is 1. The number of aliphatic carboxylic acids is 1. The minimum atomic E-state index is -5.08. The van der Waals surface area contributed by atoms with Crippen molar-refractivity contribution in [1.82, 2.24) is 14.9 Å². The van der Waals surface area contributed by atoms with Crippen LogP contribution in [0.4, 0.5) is 13.2 Å². The Labute approximate surface area is 217 Å². The van der Waals surface area contributed by atoms with E-state index in [1.165, 1.54) is 5.56 Å². The maximum absolute atomic E-state index is 12.3. The van der Waals surface area contributed by atoms with E-state index >= 15 is 0 Å². The predicted octanol–water partition coefficient (Wildman–Crippen LogP) is 5.27. The van der Waals surface area contributed by atoms with Crippen molar-refractivity contribution < 1.29 is 23.1 Å². The zero-order valence-corrected chi connectivity index (χ0v) is 20.3. The van der Waals surface area contributed by atoms with Crippen molar-refractivity contribution in [2.24, 2.45) is 0 Å². The highest BCUT2D eigenvalue weighted by molar-refractivity contribution is 7.99. The molecule has 4 rings (SSSR count). The number of H-pyrrole nitrogens is 1. The summed E-state index contributed by atoms with van der Waals surface area (Å²) in [5, 5.41) is 17.3. The second-order valence-corrected chi connectivity index (χ2v) is 9.67. The molecular weight excluding hydrogens is 505 g/mol. The number of aromatic nitrogens is 2. The van der Waals surface area contributed by atoms with Crippen LogP contribution in [0.1, 0.15) is 42.8 Å². The number of hydrogen-bond acceptors (Lipinski definition) is 6. The lowest BCUT2D eigenvalue weighted by molar-refractivity contribution is -0.192. The van der Waals surface area contributed by atoms with Gasteiger partial charge in [0.25, 0.3) is 5.56 Å². The summed E-state index contributed by atoms with van der Waals surface area (Å²) in [6.45, 7) is 5.06. The standard InChI is InChI=1S/C23H24N4OS.C2HF3O2.CH4/c1-16-3-2-4-20-22(16)25-21(26-23(20)28)15-29-19-9-11-27(12-10-19)14-18-7-5-17(13-24)6-8-18;3-2(4,5)1(6)7;/h2-8,19H,9-12,14-15H2,1H3,(H,25,26,28);(H,6,7);1H4. The first-order valence-corrected chi connectivity index (χ1v) is 12.2. The van der Waals surface area contributed by atoms with Crippen LogP contribution in [0.2, 0.25) is 0 Å². The molecule has 0 unspecified atom stereocenters. The maximum Gasteiger partial charge on any atom is 0.490 e. The lowest BCUT2D eigenvalue weighted by Crippen LogP contribution is -2.34. The minimum absolute atomic E-state index is 0. The van der Waals surface area contributed by atoms with E-state index in [-0.39, 0.29) is 13.0 Å². The number of nitrogens with one attached hydrogen (secondary N) is 1. The second-order valence-electron chi connectivity index (χ2n) is 8.38. The number of carbonyl (C=O) groups is 1. The van der Waals surface area contributed by atoms with E-state index in [9.17, 15) is 18.0 Å². The van der Waals surface area contributed by atoms with Crippen molar-refractivity contribution in [1.29, 1.82) is 5.26 Å². The fourth-order valence-electron chi connectivity index (χ4n) is 3.79. The van der Waals surface area contributed by atoms with Crippen molar-refractivity contribution in [3.05, 3.63) is 75.3 Å². The Morgan fingerprint density at radius 1 is 1.22 bits per heavy atom. The number of nitriles is 1. The van der Waals surface area contributed by atoms with Gasteiger partial charge in [-0.3, -0.25) is 9.69 Å². The molecule has 0 saturated carbocycles. The third-order valence-electron chi connectivity index (χ3n) is 5.71. The van der Waals surface area contributed by atoms with Gasteiger partial charge in [0.05, 0.1) is 28.3 Å². The molecule has 37 heavy (non-hydrogen) atoms. The van der Waals surface area contributed by atoms with E-state index in [0.717, 1.165) is 55.1 Å². The number of likely N-dealkylation sites (tertiary alicyclic amines) is 1. The SMILES string of the molecule is C.Cc1cccc2c(=O)[nH]c(CSC3CCN(Cc4ccc(C#N)cc4)CC3)nc12.O=C(O)C(F)(F)F. The molecule has 0 amide bonds. The summed E-state index contributed by atoms with van der Waals surface area (Å²) in [5.41, 5.74) is 3.76. The zero-order valence-electron chi connectivity index (χ0n) is 19.5. The van der Waals surface area contributed by atoms with Crippen LogP contribution in [0.3, 0.4) is 0 Å². The number of nitrogens with zero attached hydrogens (tertiary/aromatic N) is 3. The van der Waals surface area contributed by atoms with Gasteiger partial charge in [-0.1, -0.05) is 31.7 Å². The number of rotatable bonds is 5. The minimum Gasteiger partial charge on any atom is -0.475 e. The number of aromatic amines is 1. The molecule has 3 aromatic rings. The molecule has 2 aromatic carbocycles. The average molecular weight is 535 g/mol. The lowest BCUT2D eigenvalue weighted by Gasteiger charge is -2.31. The first-order chi connectivity index (χ1) is 17.1. The van der Waals surface area contributed by atoms with Gasteiger partial charge in [0.1, 0.15) is 5.82 Å². The average Bonchev–Trinajstić information content (AvgIpc) is 2.84. The molecule has 0 spiro atoms. The molecule has 11 heteroatoms. The summed E-state index contributed by atoms with van der Waals surface area (Å²) in [7, 11) is 0. The Hall–Kier alpha value is -3.36. The van der Waals surface area contributed by atoms with Gasteiger partial charge in [0, 0.05) is 11.8 Å². The number of benzene rings is 2. The van der Waals surface area contributed by atoms with Gasteiger partial charge in [0.15, 0.2) is 0 Å². The maximum atomic E-state index is 12.3. The second kappa shape index (κ2) is 13.3. The van der Waals surface area contributed by atoms with Crippen LogP contribution in [-0.2, 0) is 17.1 Å². The normalized spacial score (nSPS) is 14.2. The van der Waals surface area contributed by atoms with Crippen molar-refractivity contribution in [3.8, 4) is 6.07 Å². The third kappa shape index (κ3) is 8.61. The van der Waals surface area contributed by atoms with Gasteiger partial charge < -0.3 is 10.1 Å². The number of alkyl halides is 3. The van der Waals surface area contributed by atoms with Crippen molar-refractivity contribution >= 4 is 28.6 Å². The third-order valence-corrected chi connectivity index (χ3v) is 7.09. The Balaban J connectivity index is 0.000000532. The van der Waals surface area contributed by atoms with E-state index in [1.807, 2.05) is 61.2 Å². The number of carboxylic acid groups (broad SMARTS) is 1. The topological polar surface area (TPSA) is 110 Å². The van der Waals surface area contributed by atoms with Crippen LogP contribution in [0.15, 0.2) is 47.3 Å². The van der Waals surface area contributed by atoms with E-state index in [1.54, 1.807) is 0 Å². The monoisotopic (exact) mass is 534 g/mol. The highest BCUT2D eigenvalue weighted by Crippen LogP contribution is 2.27. The Morgan fingerprint density at radius 2 is 1.84 bits per heavy atom. The van der Waals surface area contributed by atoms with E-state index in [2.05, 4.69) is 16.0 Å². The number of thioether (sulfide) groups is 1. The summed E-state index contributed by atoms with van der Waals surface area (Å²) in [5.74, 6) is -1.26. The molecule has 0 aliphatic carbocycles. The zero-order chi connectivity index (χ0) is 26.3. The van der Waals surface area contributed by atoms with Crippen LogP contribution < -0.4 is 5.56 Å². The van der Waals surface area contributed by atoms with Crippen molar-refractivity contribution in [2.75, 3.05) is 13.1 Å². The van der Waals surface area contributed by atoms with Crippen LogP contribution in [-0.4, -0.2) is 50.5 Å². The van der Waals surface area contributed by atoms with Gasteiger partial charge in [-0.15, -0.1) is 0 Å². The molecule has 1 fully saturated rings. The summed E-state index contributed by atoms with van der Waals surface area (Å²) >= 11 is 1.89. The number of para-hydroxylation sites is 1. The van der Waals surface area contributed by atoms with Crippen LogP contribution >= 0.6 is 11.8 Å². The summed E-state index contributed by atoms with van der Waals surface area (Å²) in [6, 6.07) is 15.7. The molecule has 1 saturated heterocycles. The Kier molecular flexibility index (Phi) is 10.7. The molecule has 1 aliphatic heterocycles. The van der Waals surface area contributed by atoms with E-state index in [0.29, 0.717) is 16.2 Å². The lowest BCUT2D eigenvalue weighted by atomic mass is 10.1. The molecule has 7 nitrogen and oxygen atoms in total. The fourth-order valence-corrected chi connectivity index (χ4v) is 4.87. The Bertz CT molecular complexity index is 1300. The smallest absolute Gasteiger partial charge is 0.475 e. The van der Waals surface area contributed by atoms with Gasteiger partial charge in [-0.05, 0) is 62.2 Å². The van der Waals surface area contributed by atoms with Crippen molar-refractivity contribution in [2.45, 2.75) is 50.9 Å². The van der Waals surface area contributed by atoms with Crippen molar-refractivity contribution in [3.63, 3.8) is 0 Å². The van der Waals surface area contributed by atoms with Crippen LogP contribution in [0.25, 0.3) is 10.9 Å². The molecule has 0 atom stereocenters. The summed E-state index contributed by atoms with van der Waals surface area (Å²) in [4.78, 5) is 31.3. The highest BCUT2D eigenvalue weighted by atomic mass is 32.2. The van der Waals surface area contributed by atoms with Gasteiger partial charge in [-0.2, -0.15) is 30.2 Å².